The fourth-order valence-corrected chi connectivity index (χ4v) is 3.92. The van der Waals surface area contributed by atoms with Crippen LogP contribution in [-0.4, -0.2) is 42.9 Å². The number of benzene rings is 4. The molecule has 0 unspecified atom stereocenters. The van der Waals surface area contributed by atoms with Crippen molar-refractivity contribution in [3.8, 4) is 58.2 Å². The summed E-state index contributed by atoms with van der Waals surface area (Å²) in [5, 5.41) is 9.60. The van der Waals surface area contributed by atoms with Gasteiger partial charge in [-0.1, -0.05) is 46.3 Å². The molecule has 0 aliphatic rings. The maximum Gasteiger partial charge on any atom is 0.321 e. The Bertz CT molecular complexity index is 1790. The highest BCUT2D eigenvalue weighted by molar-refractivity contribution is 14.1. The maximum absolute atomic E-state index is 13.4. The van der Waals surface area contributed by atoms with Crippen molar-refractivity contribution in [2.75, 3.05) is 31.9 Å². The van der Waals surface area contributed by atoms with Gasteiger partial charge in [-0.05, 0) is 74.5 Å². The molecule has 0 saturated carbocycles. The molecule has 0 saturated heterocycles. The molecule has 0 aliphatic carbocycles. The van der Waals surface area contributed by atoms with E-state index in [1.807, 2.05) is 36.4 Å². The van der Waals surface area contributed by atoms with Crippen molar-refractivity contribution >= 4 is 28.6 Å². The number of alkyl halides is 1. The van der Waals surface area contributed by atoms with E-state index in [4.69, 9.17) is 23.7 Å². The number of hydrogen-bond donors (Lipinski definition) is 1. The van der Waals surface area contributed by atoms with Crippen molar-refractivity contribution in [3.63, 3.8) is 0 Å². The second-order valence-electron chi connectivity index (χ2n) is 9.01. The first-order chi connectivity index (χ1) is 22.2. The third-order valence-electron chi connectivity index (χ3n) is 5.85. The Hall–Kier alpha value is -4.94. The summed E-state index contributed by atoms with van der Waals surface area (Å²) in [4.78, 5) is 11.5. The van der Waals surface area contributed by atoms with Crippen molar-refractivity contribution in [1.82, 2.24) is 0 Å². The highest BCUT2D eigenvalue weighted by Gasteiger charge is 2.09. The van der Waals surface area contributed by atoms with Gasteiger partial charge >= 0.3 is 5.97 Å². The molecular formula is C36H31F2IO7. The van der Waals surface area contributed by atoms with Gasteiger partial charge in [-0.25, -0.2) is 8.78 Å². The highest BCUT2D eigenvalue weighted by Crippen LogP contribution is 2.29. The van der Waals surface area contributed by atoms with E-state index < -0.39 is 17.6 Å². The van der Waals surface area contributed by atoms with Crippen LogP contribution in [0.4, 0.5) is 8.78 Å². The van der Waals surface area contributed by atoms with E-state index in [-0.39, 0.29) is 15.9 Å². The highest BCUT2D eigenvalue weighted by atomic mass is 127. The molecule has 4 aromatic rings. The molecule has 0 fully saturated rings. The Morgan fingerprint density at radius 1 is 0.674 bits per heavy atom. The molecule has 0 atom stereocenters. The smallest absolute Gasteiger partial charge is 0.321 e. The van der Waals surface area contributed by atoms with Crippen LogP contribution in [-0.2, 0) is 4.79 Å². The lowest BCUT2D eigenvalue weighted by atomic mass is 10.1. The van der Waals surface area contributed by atoms with Crippen LogP contribution in [0.1, 0.15) is 36.1 Å². The van der Waals surface area contributed by atoms with E-state index in [0.29, 0.717) is 58.5 Å². The molecule has 4 rings (SSSR count). The third kappa shape index (κ3) is 10.6. The number of carbonyl (C=O) groups excluding carboxylic acids is 1. The largest absolute Gasteiger partial charge is 0.507 e. The lowest BCUT2D eigenvalue weighted by Crippen LogP contribution is -2.09. The summed E-state index contributed by atoms with van der Waals surface area (Å²) in [5.74, 6) is 12.5. The normalized spacial score (nSPS) is 9.72. The van der Waals surface area contributed by atoms with Crippen LogP contribution >= 0.6 is 22.6 Å². The number of halogens is 3. The van der Waals surface area contributed by atoms with Gasteiger partial charge in [0.1, 0.15) is 23.1 Å². The van der Waals surface area contributed by atoms with Crippen LogP contribution in [0.5, 0.6) is 34.5 Å². The number of esters is 1. The molecule has 0 bridgehead atoms. The van der Waals surface area contributed by atoms with Crippen LogP contribution in [0.15, 0.2) is 72.8 Å². The van der Waals surface area contributed by atoms with Crippen LogP contribution in [0.2, 0.25) is 0 Å². The summed E-state index contributed by atoms with van der Waals surface area (Å²) in [6.45, 7) is 4.78. The summed E-state index contributed by atoms with van der Waals surface area (Å²) in [6.07, 6.45) is 0. The number of hydrogen-bond acceptors (Lipinski definition) is 7. The van der Waals surface area contributed by atoms with Gasteiger partial charge in [0.2, 0.25) is 0 Å². The van der Waals surface area contributed by atoms with Crippen molar-refractivity contribution in [2.24, 2.45) is 0 Å². The van der Waals surface area contributed by atoms with Gasteiger partial charge in [0.15, 0.2) is 23.0 Å². The van der Waals surface area contributed by atoms with E-state index in [1.54, 1.807) is 50.6 Å². The number of phenols is 1. The van der Waals surface area contributed by atoms with Gasteiger partial charge in [0.25, 0.3) is 0 Å². The summed E-state index contributed by atoms with van der Waals surface area (Å²) in [6, 6.07) is 18.2. The van der Waals surface area contributed by atoms with E-state index in [1.165, 1.54) is 24.3 Å². The summed E-state index contributed by atoms with van der Waals surface area (Å²) in [7, 11) is 3.13. The van der Waals surface area contributed by atoms with Crippen LogP contribution in [0, 0.1) is 35.3 Å². The minimum Gasteiger partial charge on any atom is -0.507 e. The SMILES string of the molecule is CCOc1cc(C#Cc2ccc(F)cc2O)ccc1OC.CCOc1cc(C#Cc2ccc(F)cc2OC(=O)CI)ccc1OC. The second-order valence-corrected chi connectivity index (χ2v) is 9.77. The molecule has 0 aromatic heterocycles. The average molecular weight is 741 g/mol. The fraction of sp³-hybridized carbons (Fsp3) is 0.194. The quantitative estimate of drug-likeness (QED) is 0.0668. The average Bonchev–Trinajstić information content (AvgIpc) is 3.05. The molecule has 0 radical (unpaired) electrons. The number of carbonyl (C=O) groups is 1. The van der Waals surface area contributed by atoms with Gasteiger partial charge in [-0.15, -0.1) is 0 Å². The maximum atomic E-state index is 13.4. The van der Waals surface area contributed by atoms with Gasteiger partial charge in [-0.3, -0.25) is 4.79 Å². The number of methoxy groups -OCH3 is 2. The third-order valence-corrected chi connectivity index (χ3v) is 6.47. The van der Waals surface area contributed by atoms with Crippen LogP contribution in [0.25, 0.3) is 0 Å². The zero-order valence-corrected chi connectivity index (χ0v) is 27.7. The van der Waals surface area contributed by atoms with Gasteiger partial charge < -0.3 is 28.8 Å². The first kappa shape index (κ1) is 35.5. The first-order valence-corrected chi connectivity index (χ1v) is 15.4. The fourth-order valence-electron chi connectivity index (χ4n) is 3.77. The minimum absolute atomic E-state index is 0.104. The number of aromatic hydroxyl groups is 1. The first-order valence-electron chi connectivity index (χ1n) is 13.9. The van der Waals surface area contributed by atoms with Crippen molar-refractivity contribution < 1.29 is 42.4 Å². The second kappa shape index (κ2) is 18.1. The summed E-state index contributed by atoms with van der Waals surface area (Å²) in [5.41, 5.74) is 2.20. The number of phenolic OH excluding ortho intramolecular Hbond substituents is 1. The zero-order chi connectivity index (χ0) is 33.5. The van der Waals surface area contributed by atoms with Crippen molar-refractivity contribution in [3.05, 3.63) is 107 Å². The lowest BCUT2D eigenvalue weighted by molar-refractivity contribution is -0.131. The zero-order valence-electron chi connectivity index (χ0n) is 25.6. The Morgan fingerprint density at radius 2 is 1.17 bits per heavy atom. The van der Waals surface area contributed by atoms with Gasteiger partial charge in [0, 0.05) is 23.3 Å². The Labute approximate surface area is 280 Å². The van der Waals surface area contributed by atoms with Crippen LogP contribution in [0.3, 0.4) is 0 Å². The Morgan fingerprint density at radius 3 is 1.65 bits per heavy atom. The molecule has 46 heavy (non-hydrogen) atoms. The minimum atomic E-state index is -0.499. The Kier molecular flexibility index (Phi) is 14.0. The molecule has 0 heterocycles. The van der Waals surface area contributed by atoms with Gasteiger partial charge in [0.05, 0.1) is 43.0 Å². The van der Waals surface area contributed by atoms with E-state index in [0.717, 1.165) is 12.1 Å². The summed E-state index contributed by atoms with van der Waals surface area (Å²) < 4.78 is 53.0. The topological polar surface area (TPSA) is 83.5 Å². The lowest BCUT2D eigenvalue weighted by Gasteiger charge is -2.09. The van der Waals surface area contributed by atoms with Crippen molar-refractivity contribution in [1.29, 1.82) is 0 Å². The predicted octanol–water partition coefficient (Wildman–Crippen LogP) is 7.31. The van der Waals surface area contributed by atoms with Gasteiger partial charge in [-0.2, -0.15) is 0 Å². The molecule has 1 N–H and O–H groups in total. The monoisotopic (exact) mass is 740 g/mol. The standard InChI is InChI=1S/C19H16FIO4.C17H15FO3/c1-3-24-18-10-13(5-9-16(18)23-2)4-6-14-7-8-15(20)11-17(14)25-19(22)12-21;1-3-21-17-10-12(5-9-16(17)20-2)4-6-13-7-8-14(18)11-15(13)19/h5,7-11H,3,12H2,1-2H3;5,7-11,19H,3H2,1-2H3. The number of ether oxygens (including phenoxy) is 5. The van der Waals surface area contributed by atoms with E-state index >= 15 is 0 Å². The summed E-state index contributed by atoms with van der Waals surface area (Å²) >= 11 is 1.88. The molecular weight excluding hydrogens is 709 g/mol. The van der Waals surface area contributed by atoms with E-state index in [2.05, 4.69) is 23.7 Å². The van der Waals surface area contributed by atoms with E-state index in [9.17, 15) is 18.7 Å². The molecule has 7 nitrogen and oxygen atoms in total. The van der Waals surface area contributed by atoms with Crippen molar-refractivity contribution in [2.45, 2.75) is 13.8 Å². The predicted molar refractivity (Wildman–Crippen MR) is 179 cm³/mol. The van der Waals surface area contributed by atoms with Crippen LogP contribution < -0.4 is 23.7 Å². The molecule has 4 aromatic carbocycles. The Balaban J connectivity index is 0.000000254. The molecule has 0 spiro atoms. The molecule has 10 heteroatoms. The number of rotatable bonds is 8. The molecule has 238 valence electrons. The molecule has 0 amide bonds. The molecule has 0 aliphatic heterocycles.